The van der Waals surface area contributed by atoms with E-state index in [2.05, 4.69) is 28.0 Å². The Bertz CT molecular complexity index is 1120. The van der Waals surface area contributed by atoms with Gasteiger partial charge < -0.3 is 14.6 Å². The number of anilines is 1. The first-order chi connectivity index (χ1) is 14.4. The number of carbonyl (C=O) groups is 2. The molecule has 1 saturated heterocycles. The summed E-state index contributed by atoms with van der Waals surface area (Å²) in [6.45, 7) is 4.15. The highest BCUT2D eigenvalue weighted by atomic mass is 35.5. The minimum atomic E-state index is -1.25. The van der Waals surface area contributed by atoms with E-state index in [0.717, 1.165) is 30.3 Å². The monoisotopic (exact) mass is 429 g/mol. The van der Waals surface area contributed by atoms with E-state index < -0.39 is 6.09 Å². The van der Waals surface area contributed by atoms with Gasteiger partial charge in [-0.1, -0.05) is 11.6 Å². The average molecular weight is 430 g/mol. The number of aryl methyl sites for hydroxylation is 2. The van der Waals surface area contributed by atoms with Crippen molar-refractivity contribution in [2.24, 2.45) is 7.05 Å². The van der Waals surface area contributed by atoms with Crippen LogP contribution >= 0.6 is 11.6 Å². The van der Waals surface area contributed by atoms with Gasteiger partial charge in [-0.2, -0.15) is 5.10 Å². The molecule has 30 heavy (non-hydrogen) atoms. The van der Waals surface area contributed by atoms with E-state index in [1.807, 2.05) is 18.2 Å². The Morgan fingerprint density at radius 2 is 2.13 bits per heavy atom. The molecule has 0 saturated carbocycles. The van der Waals surface area contributed by atoms with Crippen molar-refractivity contribution in [2.75, 3.05) is 18.4 Å². The lowest BCUT2D eigenvalue weighted by atomic mass is 9.94. The summed E-state index contributed by atoms with van der Waals surface area (Å²) in [5, 5.41) is 17.1. The molecule has 1 atom stereocenters. The van der Waals surface area contributed by atoms with Crippen LogP contribution in [0.4, 0.5) is 10.6 Å². The molecule has 0 radical (unpaired) electrons. The van der Waals surface area contributed by atoms with Crippen molar-refractivity contribution in [1.29, 1.82) is 0 Å². The second kappa shape index (κ2) is 8.02. The second-order valence-electron chi connectivity index (χ2n) is 7.60. The van der Waals surface area contributed by atoms with E-state index in [0.29, 0.717) is 18.1 Å². The summed E-state index contributed by atoms with van der Waals surface area (Å²) >= 11 is 6.18. The molecule has 9 heteroatoms. The van der Waals surface area contributed by atoms with Gasteiger partial charge in [0.05, 0.1) is 0 Å². The molecule has 2 amide bonds. The third-order valence-electron chi connectivity index (χ3n) is 5.62. The highest BCUT2D eigenvalue weighted by Crippen LogP contribution is 2.33. The molecule has 1 fully saturated rings. The molecule has 0 aliphatic carbocycles. The molecule has 0 bridgehead atoms. The number of likely N-dealkylation sites (tertiary alicyclic amines) is 1. The van der Waals surface area contributed by atoms with E-state index in [1.54, 1.807) is 18.1 Å². The van der Waals surface area contributed by atoms with Gasteiger partial charge in [0.15, 0.2) is 5.82 Å². The molecule has 1 aliphatic rings. The largest absolute Gasteiger partial charge is 0.465 e. The van der Waals surface area contributed by atoms with Crippen LogP contribution in [0.25, 0.3) is 10.9 Å². The summed E-state index contributed by atoms with van der Waals surface area (Å²) in [6, 6.07) is 8.08. The van der Waals surface area contributed by atoms with Crippen LogP contribution in [0.3, 0.4) is 0 Å². The van der Waals surface area contributed by atoms with Crippen LogP contribution in [0, 0.1) is 0 Å². The fraction of sp³-hybridized carbons (Fsp3) is 0.381. The molecule has 1 aromatic carbocycles. The lowest BCUT2D eigenvalue weighted by molar-refractivity contribution is 0.0706. The van der Waals surface area contributed by atoms with Crippen LogP contribution in [0.5, 0.6) is 0 Å². The van der Waals surface area contributed by atoms with Crippen LogP contribution in [0.2, 0.25) is 5.02 Å². The van der Waals surface area contributed by atoms with Gasteiger partial charge in [0, 0.05) is 60.4 Å². The van der Waals surface area contributed by atoms with Crippen molar-refractivity contribution in [2.45, 2.75) is 32.2 Å². The van der Waals surface area contributed by atoms with Crippen molar-refractivity contribution in [3.63, 3.8) is 0 Å². The second-order valence-corrected chi connectivity index (χ2v) is 8.04. The first-order valence-corrected chi connectivity index (χ1v) is 10.4. The molecule has 2 aromatic heterocycles. The highest BCUT2D eigenvalue weighted by molar-refractivity contribution is 6.31. The normalized spacial score (nSPS) is 16.8. The van der Waals surface area contributed by atoms with Crippen LogP contribution in [0.1, 0.15) is 41.7 Å². The van der Waals surface area contributed by atoms with Crippen LogP contribution in [0.15, 0.2) is 30.5 Å². The fourth-order valence-corrected chi connectivity index (χ4v) is 4.55. The van der Waals surface area contributed by atoms with Gasteiger partial charge in [-0.25, -0.2) is 4.79 Å². The molecule has 1 unspecified atom stereocenters. The average Bonchev–Trinajstić information content (AvgIpc) is 3.26. The van der Waals surface area contributed by atoms with Gasteiger partial charge in [0.2, 0.25) is 0 Å². The molecule has 3 heterocycles. The summed E-state index contributed by atoms with van der Waals surface area (Å²) in [4.78, 5) is 26.0. The number of nitrogens with one attached hydrogen (secondary N) is 1. The Hall–Kier alpha value is -3.00. The smallest absolute Gasteiger partial charge is 0.410 e. The van der Waals surface area contributed by atoms with E-state index >= 15 is 0 Å². The topological polar surface area (TPSA) is 92.4 Å². The number of hydrogen-bond acceptors (Lipinski definition) is 3. The Morgan fingerprint density at radius 1 is 1.33 bits per heavy atom. The quantitative estimate of drug-likeness (QED) is 0.651. The van der Waals surface area contributed by atoms with Crippen molar-refractivity contribution < 1.29 is 14.7 Å². The maximum Gasteiger partial charge on any atom is 0.410 e. The predicted octanol–water partition coefficient (Wildman–Crippen LogP) is 4.16. The minimum Gasteiger partial charge on any atom is -0.465 e. The SMILES string of the molecule is CCn1c(C2CCCN(C(=O)c3cn(C)nc3NC(=O)O)C2)cc2cc(Cl)ccc21. The molecular weight excluding hydrogens is 406 g/mol. The van der Waals surface area contributed by atoms with Gasteiger partial charge >= 0.3 is 6.09 Å². The number of piperidine rings is 1. The third kappa shape index (κ3) is 3.75. The maximum atomic E-state index is 13.2. The van der Waals surface area contributed by atoms with Crippen molar-refractivity contribution >= 4 is 40.3 Å². The molecule has 158 valence electrons. The third-order valence-corrected chi connectivity index (χ3v) is 5.86. The van der Waals surface area contributed by atoms with Crippen LogP contribution in [-0.2, 0) is 13.6 Å². The van der Waals surface area contributed by atoms with E-state index in [4.69, 9.17) is 16.7 Å². The summed E-state index contributed by atoms with van der Waals surface area (Å²) in [5.74, 6) is 0.0505. The zero-order valence-electron chi connectivity index (χ0n) is 16.9. The van der Waals surface area contributed by atoms with Gasteiger partial charge in [0.25, 0.3) is 5.91 Å². The summed E-state index contributed by atoms with van der Waals surface area (Å²) < 4.78 is 3.73. The lowest BCUT2D eigenvalue weighted by Crippen LogP contribution is -2.39. The number of carbonyl (C=O) groups excluding carboxylic acids is 1. The molecule has 3 aromatic rings. The number of nitrogens with zero attached hydrogens (tertiary/aromatic N) is 4. The summed E-state index contributed by atoms with van der Waals surface area (Å²) in [5.41, 5.74) is 2.60. The first kappa shape index (κ1) is 20.3. The van der Waals surface area contributed by atoms with E-state index in [1.165, 1.54) is 10.4 Å². The number of aromatic nitrogens is 3. The van der Waals surface area contributed by atoms with Crippen molar-refractivity contribution in [3.05, 3.63) is 46.7 Å². The van der Waals surface area contributed by atoms with Crippen LogP contribution in [-0.4, -0.2) is 49.4 Å². The highest BCUT2D eigenvalue weighted by Gasteiger charge is 2.30. The zero-order valence-corrected chi connectivity index (χ0v) is 17.7. The Morgan fingerprint density at radius 3 is 2.87 bits per heavy atom. The van der Waals surface area contributed by atoms with Gasteiger partial charge in [-0.15, -0.1) is 0 Å². The Balaban J connectivity index is 1.62. The van der Waals surface area contributed by atoms with Crippen LogP contribution < -0.4 is 5.32 Å². The number of benzene rings is 1. The number of carboxylic acid groups (broad SMARTS) is 1. The predicted molar refractivity (Wildman–Crippen MR) is 115 cm³/mol. The lowest BCUT2D eigenvalue weighted by Gasteiger charge is -2.33. The van der Waals surface area contributed by atoms with E-state index in [9.17, 15) is 9.59 Å². The fourth-order valence-electron chi connectivity index (χ4n) is 4.37. The Labute approximate surface area is 179 Å². The van der Waals surface area contributed by atoms with Gasteiger partial charge in [-0.05, 0) is 44.0 Å². The molecule has 1 aliphatic heterocycles. The summed E-state index contributed by atoms with van der Waals surface area (Å²) in [6.07, 6.45) is 2.18. The summed E-state index contributed by atoms with van der Waals surface area (Å²) in [7, 11) is 1.66. The number of hydrogen-bond donors (Lipinski definition) is 2. The molecule has 8 nitrogen and oxygen atoms in total. The standard InChI is InChI=1S/C21H24ClN5O3/c1-3-27-17-7-6-15(22)9-14(17)10-18(27)13-5-4-8-26(11-13)20(28)16-12-25(2)24-19(16)23-21(29)30/h6-7,9-10,12-13H,3-5,8,11H2,1-2H3,(H,23,24)(H,29,30). The first-order valence-electron chi connectivity index (χ1n) is 9.99. The molecule has 2 N–H and O–H groups in total. The maximum absolute atomic E-state index is 13.2. The van der Waals surface area contributed by atoms with Gasteiger partial charge in [0.1, 0.15) is 5.56 Å². The number of amides is 2. The van der Waals surface area contributed by atoms with Gasteiger partial charge in [-0.3, -0.25) is 14.8 Å². The number of rotatable bonds is 4. The van der Waals surface area contributed by atoms with E-state index in [-0.39, 0.29) is 23.2 Å². The Kier molecular flexibility index (Phi) is 5.42. The molecular formula is C21H24ClN5O3. The van der Waals surface area contributed by atoms with Crippen molar-refractivity contribution in [1.82, 2.24) is 19.2 Å². The van der Waals surface area contributed by atoms with Crippen molar-refractivity contribution in [3.8, 4) is 0 Å². The minimum absolute atomic E-state index is 0.0643. The number of fused-ring (bicyclic) bond motifs is 1. The molecule has 0 spiro atoms. The molecule has 4 rings (SSSR count). The zero-order chi connectivity index (χ0) is 21.4. The number of halogens is 1.